The van der Waals surface area contributed by atoms with Gasteiger partial charge in [-0.3, -0.25) is 4.79 Å². The van der Waals surface area contributed by atoms with E-state index in [9.17, 15) is 4.79 Å². The zero-order chi connectivity index (χ0) is 10.1. The van der Waals surface area contributed by atoms with E-state index in [4.69, 9.17) is 5.26 Å². The Labute approximate surface area is 93.5 Å². The van der Waals surface area contributed by atoms with Gasteiger partial charge >= 0.3 is 0 Å². The van der Waals surface area contributed by atoms with Crippen molar-refractivity contribution >= 4 is 33.5 Å². The number of pyridine rings is 1. The first-order valence-electron chi connectivity index (χ1n) is 3.93. The molecule has 0 unspecified atom stereocenters. The van der Waals surface area contributed by atoms with E-state index in [1.54, 1.807) is 24.4 Å². The summed E-state index contributed by atoms with van der Waals surface area (Å²) in [4.78, 5) is 14.7. The molecule has 0 saturated carbocycles. The van der Waals surface area contributed by atoms with Crippen molar-refractivity contribution in [2.45, 2.75) is 0 Å². The molecule has 1 N–H and O–H groups in total. The van der Waals surface area contributed by atoms with Gasteiger partial charge in [0.05, 0.1) is 15.2 Å². The van der Waals surface area contributed by atoms with Crippen LogP contribution < -0.4 is 5.43 Å². The highest BCUT2D eigenvalue weighted by atomic mass is 127. The molecule has 0 spiro atoms. The summed E-state index contributed by atoms with van der Waals surface area (Å²) in [5, 5.41) is 9.26. The Bertz CT molecular complexity index is 595. The Hall–Kier alpha value is -1.35. The first-order valence-corrected chi connectivity index (χ1v) is 5.01. The van der Waals surface area contributed by atoms with Crippen LogP contribution in [0.5, 0.6) is 0 Å². The topological polar surface area (TPSA) is 56.6 Å². The lowest BCUT2D eigenvalue weighted by Gasteiger charge is -1.98. The molecule has 0 amide bonds. The van der Waals surface area contributed by atoms with Crippen molar-refractivity contribution in [1.82, 2.24) is 4.98 Å². The van der Waals surface area contributed by atoms with Gasteiger partial charge in [-0.25, -0.2) is 0 Å². The Kier molecular flexibility index (Phi) is 2.25. The van der Waals surface area contributed by atoms with Crippen molar-refractivity contribution in [2.24, 2.45) is 0 Å². The molecular weight excluding hydrogens is 291 g/mol. The molecule has 4 heteroatoms. The molecule has 14 heavy (non-hydrogen) atoms. The van der Waals surface area contributed by atoms with Gasteiger partial charge in [0.15, 0.2) is 0 Å². The number of nitrogens with zero attached hydrogens (tertiary/aromatic N) is 1. The Morgan fingerprint density at radius 3 is 2.93 bits per heavy atom. The number of fused-ring (bicyclic) bond motifs is 1. The molecule has 2 aromatic rings. The van der Waals surface area contributed by atoms with Crippen LogP contribution in [0.15, 0.2) is 29.2 Å². The van der Waals surface area contributed by atoms with Crippen molar-refractivity contribution in [3.8, 4) is 6.07 Å². The van der Waals surface area contributed by atoms with E-state index in [-0.39, 0.29) is 5.43 Å². The third-order valence-electron chi connectivity index (χ3n) is 1.96. The number of rotatable bonds is 0. The third-order valence-corrected chi connectivity index (χ3v) is 2.77. The number of hydrogen-bond donors (Lipinski definition) is 1. The molecule has 3 nitrogen and oxygen atoms in total. The number of halogens is 1. The average molecular weight is 296 g/mol. The summed E-state index contributed by atoms with van der Waals surface area (Å²) in [5.41, 5.74) is 1.23. The second kappa shape index (κ2) is 3.42. The summed E-state index contributed by atoms with van der Waals surface area (Å²) < 4.78 is 0.630. The van der Waals surface area contributed by atoms with E-state index in [1.165, 1.54) is 0 Å². The number of aromatic nitrogens is 1. The first kappa shape index (κ1) is 9.21. The molecule has 0 aliphatic carbocycles. The van der Waals surface area contributed by atoms with Gasteiger partial charge < -0.3 is 4.98 Å². The number of nitriles is 1. The third kappa shape index (κ3) is 1.40. The molecule has 0 fully saturated rings. The maximum Gasteiger partial charge on any atom is 0.202 e. The van der Waals surface area contributed by atoms with Crippen LogP contribution in [0, 0.1) is 14.9 Å². The Balaban J connectivity index is 2.93. The monoisotopic (exact) mass is 296 g/mol. The van der Waals surface area contributed by atoms with Crippen LogP contribution in [0.25, 0.3) is 10.9 Å². The van der Waals surface area contributed by atoms with E-state index < -0.39 is 0 Å². The van der Waals surface area contributed by atoms with E-state index in [1.807, 2.05) is 28.7 Å². The molecule has 2 rings (SSSR count). The standard InChI is InChI=1S/C10H5IN2O/c11-8-5-13-9-2-1-6(4-12)3-7(9)10(8)14/h1-3,5H,(H,13,14). The fourth-order valence-corrected chi connectivity index (χ4v) is 1.71. The van der Waals surface area contributed by atoms with Crippen LogP contribution in [-0.4, -0.2) is 4.98 Å². The van der Waals surface area contributed by atoms with E-state index in [2.05, 4.69) is 4.98 Å². The highest BCUT2D eigenvalue weighted by Gasteiger charge is 2.02. The van der Waals surface area contributed by atoms with E-state index in [0.717, 1.165) is 5.52 Å². The van der Waals surface area contributed by atoms with Gasteiger partial charge in [0, 0.05) is 17.1 Å². The molecule has 1 aromatic heterocycles. The van der Waals surface area contributed by atoms with Gasteiger partial charge in [0.2, 0.25) is 5.43 Å². The predicted molar refractivity (Wildman–Crippen MR) is 62.0 cm³/mol. The van der Waals surface area contributed by atoms with Gasteiger partial charge in [-0.05, 0) is 40.8 Å². The highest BCUT2D eigenvalue weighted by molar-refractivity contribution is 14.1. The van der Waals surface area contributed by atoms with Gasteiger partial charge in [0.1, 0.15) is 0 Å². The van der Waals surface area contributed by atoms with Crippen LogP contribution in [0.2, 0.25) is 0 Å². The van der Waals surface area contributed by atoms with Gasteiger partial charge in [-0.15, -0.1) is 0 Å². The minimum atomic E-state index is -0.0311. The molecule has 0 atom stereocenters. The Morgan fingerprint density at radius 2 is 2.21 bits per heavy atom. The fourth-order valence-electron chi connectivity index (χ4n) is 1.26. The van der Waals surface area contributed by atoms with Crippen molar-refractivity contribution < 1.29 is 0 Å². The lowest BCUT2D eigenvalue weighted by Crippen LogP contribution is -2.06. The second-order valence-corrected chi connectivity index (χ2v) is 4.00. The minimum Gasteiger partial charge on any atom is -0.360 e. The molecular formula is C10H5IN2O. The van der Waals surface area contributed by atoms with E-state index in [0.29, 0.717) is 14.5 Å². The largest absolute Gasteiger partial charge is 0.360 e. The predicted octanol–water partition coefficient (Wildman–Crippen LogP) is 2.00. The van der Waals surface area contributed by atoms with Gasteiger partial charge in [0.25, 0.3) is 0 Å². The summed E-state index contributed by atoms with van der Waals surface area (Å²) in [7, 11) is 0. The lowest BCUT2D eigenvalue weighted by molar-refractivity contribution is 1.35. The zero-order valence-electron chi connectivity index (χ0n) is 7.04. The van der Waals surface area contributed by atoms with Gasteiger partial charge in [-0.2, -0.15) is 5.26 Å². The SMILES string of the molecule is N#Cc1ccc2[nH]cc(I)c(=O)c2c1. The molecule has 68 valence electrons. The van der Waals surface area contributed by atoms with Crippen molar-refractivity contribution in [3.05, 3.63) is 43.8 Å². The smallest absolute Gasteiger partial charge is 0.202 e. The van der Waals surface area contributed by atoms with Crippen LogP contribution >= 0.6 is 22.6 Å². The lowest BCUT2D eigenvalue weighted by atomic mass is 10.1. The van der Waals surface area contributed by atoms with Crippen LogP contribution in [0.1, 0.15) is 5.56 Å². The molecule has 0 aliphatic heterocycles. The van der Waals surface area contributed by atoms with E-state index >= 15 is 0 Å². The summed E-state index contributed by atoms with van der Waals surface area (Å²) in [6, 6.07) is 7.05. The summed E-state index contributed by atoms with van der Waals surface area (Å²) in [5.74, 6) is 0. The number of H-pyrrole nitrogens is 1. The molecule has 0 aliphatic rings. The average Bonchev–Trinajstić information content (AvgIpc) is 2.23. The summed E-state index contributed by atoms with van der Waals surface area (Å²) >= 11 is 1.97. The normalized spacial score (nSPS) is 10.0. The van der Waals surface area contributed by atoms with Crippen LogP contribution in [-0.2, 0) is 0 Å². The summed E-state index contributed by atoms with van der Waals surface area (Å²) in [6.07, 6.45) is 1.66. The Morgan fingerprint density at radius 1 is 1.43 bits per heavy atom. The molecule has 0 saturated heterocycles. The minimum absolute atomic E-state index is 0.0311. The number of nitrogens with one attached hydrogen (secondary N) is 1. The van der Waals surface area contributed by atoms with Crippen molar-refractivity contribution in [2.75, 3.05) is 0 Å². The van der Waals surface area contributed by atoms with Crippen molar-refractivity contribution in [1.29, 1.82) is 5.26 Å². The number of benzene rings is 1. The fraction of sp³-hybridized carbons (Fsp3) is 0. The zero-order valence-corrected chi connectivity index (χ0v) is 9.20. The van der Waals surface area contributed by atoms with Gasteiger partial charge in [-0.1, -0.05) is 0 Å². The summed E-state index contributed by atoms with van der Waals surface area (Å²) in [6.45, 7) is 0. The molecule has 1 heterocycles. The maximum absolute atomic E-state index is 11.7. The first-order chi connectivity index (χ1) is 6.72. The number of aromatic amines is 1. The molecule has 0 bridgehead atoms. The number of hydrogen-bond acceptors (Lipinski definition) is 2. The quantitative estimate of drug-likeness (QED) is 0.756. The van der Waals surface area contributed by atoms with Crippen LogP contribution in [0.3, 0.4) is 0 Å². The van der Waals surface area contributed by atoms with Crippen molar-refractivity contribution in [3.63, 3.8) is 0 Å². The highest BCUT2D eigenvalue weighted by Crippen LogP contribution is 2.11. The van der Waals surface area contributed by atoms with Crippen LogP contribution in [0.4, 0.5) is 0 Å². The molecule has 0 radical (unpaired) electrons. The maximum atomic E-state index is 11.7. The second-order valence-electron chi connectivity index (χ2n) is 2.84. The molecule has 1 aromatic carbocycles.